The second kappa shape index (κ2) is 12.4. The second-order valence-corrected chi connectivity index (χ2v) is 11.5. The quantitative estimate of drug-likeness (QED) is 0.462. The summed E-state index contributed by atoms with van der Waals surface area (Å²) in [6.45, 7) is 24.0. The fourth-order valence-electron chi connectivity index (χ4n) is 2.83. The predicted octanol–water partition coefficient (Wildman–Crippen LogP) is 9.35. The molecular formula is C27H50. The zero-order valence-corrected chi connectivity index (χ0v) is 19.3. The summed E-state index contributed by atoms with van der Waals surface area (Å²) in [5.41, 5.74) is 2.85. The van der Waals surface area contributed by atoms with Crippen LogP contribution in [0.2, 0.25) is 0 Å². The fourth-order valence-corrected chi connectivity index (χ4v) is 2.83. The van der Waals surface area contributed by atoms with Gasteiger partial charge in [0, 0.05) is 0 Å². The van der Waals surface area contributed by atoms with Gasteiger partial charge in [-0.2, -0.15) is 0 Å². The van der Waals surface area contributed by atoms with Crippen LogP contribution in [-0.4, -0.2) is 0 Å². The molecular weight excluding hydrogens is 324 g/mol. The van der Waals surface area contributed by atoms with E-state index in [0.29, 0.717) is 16.2 Å². The van der Waals surface area contributed by atoms with Crippen molar-refractivity contribution in [2.45, 2.75) is 102 Å². The number of benzene rings is 1. The maximum absolute atomic E-state index is 3.65. The van der Waals surface area contributed by atoms with Gasteiger partial charge >= 0.3 is 0 Å². The van der Waals surface area contributed by atoms with E-state index in [-0.39, 0.29) is 7.43 Å². The molecule has 0 aliphatic heterocycles. The van der Waals surface area contributed by atoms with Crippen LogP contribution in [0.15, 0.2) is 43.0 Å². The van der Waals surface area contributed by atoms with Crippen molar-refractivity contribution in [1.29, 1.82) is 0 Å². The van der Waals surface area contributed by atoms with Crippen LogP contribution in [0.25, 0.3) is 0 Å². The summed E-state index contributed by atoms with van der Waals surface area (Å²) in [6, 6.07) is 10.6. The van der Waals surface area contributed by atoms with E-state index in [1.807, 2.05) is 6.08 Å². The first-order valence-corrected chi connectivity index (χ1v) is 10.4. The standard InChI is InChI=1S/C11H16.C8H16.C7H14.CH4/c1-11(2,3)9-10-7-5-4-6-8-10;1-8(2,3)6-7-4-5-7;1-5-6-7(2,3)4;/h4-8H,9H2,1-3H3;7H,4-6H2,1-3H3;5H,1,6H2,2-4H3;1H4. The molecule has 0 N–H and O–H groups in total. The highest BCUT2D eigenvalue weighted by Gasteiger charge is 2.26. The van der Waals surface area contributed by atoms with E-state index < -0.39 is 0 Å². The Labute approximate surface area is 172 Å². The number of allylic oxidation sites excluding steroid dienone is 1. The maximum Gasteiger partial charge on any atom is -0.0230 e. The summed E-state index contributed by atoms with van der Waals surface area (Å²) in [5, 5.41) is 0. The molecule has 0 heterocycles. The molecule has 0 unspecified atom stereocenters. The molecule has 2 rings (SSSR count). The monoisotopic (exact) mass is 374 g/mol. The molecule has 1 aromatic rings. The van der Waals surface area contributed by atoms with Crippen molar-refractivity contribution in [3.63, 3.8) is 0 Å². The first-order chi connectivity index (χ1) is 11.7. The SMILES string of the molecule is C.C=CCC(C)(C)C.CC(C)(C)CC1CC1.CC(C)(C)Cc1ccccc1. The molecule has 27 heavy (non-hydrogen) atoms. The third-order valence-corrected chi connectivity index (χ3v) is 3.93. The molecule has 1 aliphatic rings. The third kappa shape index (κ3) is 22.9. The molecule has 0 saturated heterocycles. The molecule has 0 spiro atoms. The van der Waals surface area contributed by atoms with Crippen LogP contribution in [0, 0.1) is 22.2 Å². The number of rotatable bonds is 3. The van der Waals surface area contributed by atoms with Gasteiger partial charge in [0.1, 0.15) is 0 Å². The molecule has 0 radical (unpaired) electrons. The molecule has 0 amide bonds. The van der Waals surface area contributed by atoms with Crippen molar-refractivity contribution in [2.75, 3.05) is 0 Å². The third-order valence-electron chi connectivity index (χ3n) is 3.93. The number of hydrogen-bond donors (Lipinski definition) is 0. The molecule has 0 bridgehead atoms. The maximum atomic E-state index is 3.65. The minimum absolute atomic E-state index is 0. The van der Waals surface area contributed by atoms with Gasteiger partial charge in [0.05, 0.1) is 0 Å². The molecule has 1 saturated carbocycles. The molecule has 1 aliphatic carbocycles. The van der Waals surface area contributed by atoms with Gasteiger partial charge in [-0.25, -0.2) is 0 Å². The molecule has 1 aromatic carbocycles. The van der Waals surface area contributed by atoms with Crippen molar-refractivity contribution < 1.29 is 0 Å². The Balaban J connectivity index is 0. The largest absolute Gasteiger partial charge is 0.103 e. The van der Waals surface area contributed by atoms with Gasteiger partial charge < -0.3 is 0 Å². The molecule has 0 nitrogen and oxygen atoms in total. The normalized spacial score (nSPS) is 14.0. The minimum Gasteiger partial charge on any atom is -0.103 e. The van der Waals surface area contributed by atoms with E-state index in [0.717, 1.165) is 18.8 Å². The van der Waals surface area contributed by atoms with Gasteiger partial charge in [0.15, 0.2) is 0 Å². The molecule has 0 heteroatoms. The lowest BCUT2D eigenvalue weighted by atomic mass is 9.88. The Kier molecular flexibility index (Phi) is 13.0. The van der Waals surface area contributed by atoms with Crippen LogP contribution in [0.4, 0.5) is 0 Å². The average Bonchev–Trinajstić information content (AvgIpc) is 3.19. The first kappa shape index (κ1) is 28.2. The van der Waals surface area contributed by atoms with Gasteiger partial charge in [-0.05, 0) is 47.0 Å². The molecule has 158 valence electrons. The van der Waals surface area contributed by atoms with Crippen molar-refractivity contribution in [3.8, 4) is 0 Å². The van der Waals surface area contributed by atoms with Crippen molar-refractivity contribution >= 4 is 0 Å². The Hall–Kier alpha value is -1.04. The van der Waals surface area contributed by atoms with Crippen molar-refractivity contribution in [3.05, 3.63) is 48.6 Å². The Morgan fingerprint density at radius 3 is 1.52 bits per heavy atom. The van der Waals surface area contributed by atoms with Crippen LogP contribution in [0.5, 0.6) is 0 Å². The first-order valence-electron chi connectivity index (χ1n) is 10.4. The summed E-state index contributed by atoms with van der Waals surface area (Å²) >= 11 is 0. The summed E-state index contributed by atoms with van der Waals surface area (Å²) < 4.78 is 0. The van der Waals surface area contributed by atoms with Crippen molar-refractivity contribution in [2.24, 2.45) is 22.2 Å². The summed E-state index contributed by atoms with van der Waals surface area (Å²) in [6.07, 6.45) is 8.66. The van der Waals surface area contributed by atoms with Crippen LogP contribution >= 0.6 is 0 Å². The summed E-state index contributed by atoms with van der Waals surface area (Å²) in [4.78, 5) is 0. The smallest absolute Gasteiger partial charge is 0.0230 e. The zero-order valence-electron chi connectivity index (χ0n) is 19.3. The lowest BCUT2D eigenvalue weighted by Crippen LogP contribution is -2.08. The second-order valence-electron chi connectivity index (χ2n) is 11.5. The minimum atomic E-state index is 0. The van der Waals surface area contributed by atoms with Gasteiger partial charge in [-0.15, -0.1) is 6.58 Å². The summed E-state index contributed by atoms with van der Waals surface area (Å²) in [7, 11) is 0. The zero-order chi connectivity index (χ0) is 20.4. The van der Waals surface area contributed by atoms with Gasteiger partial charge in [0.2, 0.25) is 0 Å². The Bertz CT molecular complexity index is 470. The van der Waals surface area contributed by atoms with Gasteiger partial charge in [0.25, 0.3) is 0 Å². The summed E-state index contributed by atoms with van der Waals surface area (Å²) in [5.74, 6) is 1.09. The fraction of sp³-hybridized carbons (Fsp3) is 0.704. The highest BCUT2D eigenvalue weighted by molar-refractivity contribution is 5.15. The van der Waals surface area contributed by atoms with E-state index in [1.165, 1.54) is 24.8 Å². The lowest BCUT2D eigenvalue weighted by Gasteiger charge is -2.17. The van der Waals surface area contributed by atoms with Crippen LogP contribution in [0.3, 0.4) is 0 Å². The van der Waals surface area contributed by atoms with Gasteiger partial charge in [-0.3, -0.25) is 0 Å². The van der Waals surface area contributed by atoms with E-state index in [9.17, 15) is 0 Å². The van der Waals surface area contributed by atoms with Crippen LogP contribution in [0.1, 0.15) is 101 Å². The predicted molar refractivity (Wildman–Crippen MR) is 127 cm³/mol. The Morgan fingerprint density at radius 1 is 0.815 bits per heavy atom. The lowest BCUT2D eigenvalue weighted by molar-refractivity contribution is 0.354. The molecule has 0 aromatic heterocycles. The highest BCUT2D eigenvalue weighted by Crippen LogP contribution is 2.39. The van der Waals surface area contributed by atoms with E-state index >= 15 is 0 Å². The van der Waals surface area contributed by atoms with Crippen LogP contribution in [-0.2, 0) is 6.42 Å². The molecule has 0 atom stereocenters. The van der Waals surface area contributed by atoms with Gasteiger partial charge in [-0.1, -0.05) is 119 Å². The van der Waals surface area contributed by atoms with Crippen molar-refractivity contribution in [1.82, 2.24) is 0 Å². The van der Waals surface area contributed by atoms with Crippen LogP contribution < -0.4 is 0 Å². The van der Waals surface area contributed by atoms with E-state index in [1.54, 1.807) is 0 Å². The topological polar surface area (TPSA) is 0 Å². The molecule has 1 fully saturated rings. The Morgan fingerprint density at radius 2 is 1.30 bits per heavy atom. The number of hydrogen-bond acceptors (Lipinski definition) is 0. The van der Waals surface area contributed by atoms with E-state index in [2.05, 4.69) is 99.2 Å². The van der Waals surface area contributed by atoms with E-state index in [4.69, 9.17) is 0 Å². The highest BCUT2D eigenvalue weighted by atomic mass is 14.3. The average molecular weight is 375 g/mol.